The van der Waals surface area contributed by atoms with E-state index in [1.54, 1.807) is 4.68 Å². The highest BCUT2D eigenvalue weighted by Gasteiger charge is 2.14. The summed E-state index contributed by atoms with van der Waals surface area (Å²) in [7, 11) is 0. The van der Waals surface area contributed by atoms with Gasteiger partial charge in [0.1, 0.15) is 0 Å². The maximum absolute atomic E-state index is 6.00. The van der Waals surface area contributed by atoms with Gasteiger partial charge in [-0.05, 0) is 25.5 Å². The molecule has 0 saturated heterocycles. The minimum absolute atomic E-state index is 0.00552. The predicted molar refractivity (Wildman–Crippen MR) is 99.1 cm³/mol. The van der Waals surface area contributed by atoms with E-state index in [0.29, 0.717) is 42.6 Å². The van der Waals surface area contributed by atoms with Crippen LogP contribution in [0.1, 0.15) is 19.4 Å². The van der Waals surface area contributed by atoms with Crippen molar-refractivity contribution in [1.29, 1.82) is 0 Å². The van der Waals surface area contributed by atoms with Crippen molar-refractivity contribution in [3.05, 3.63) is 29.8 Å². The molecule has 0 fully saturated rings. The first-order chi connectivity index (χ1) is 12.1. The summed E-state index contributed by atoms with van der Waals surface area (Å²) >= 11 is 0. The van der Waals surface area contributed by atoms with Crippen molar-refractivity contribution >= 4 is 28.6 Å². The number of nitrogen functional groups attached to an aromatic ring is 1. The number of nitrogens with zero attached hydrogens (tertiary/aromatic N) is 5. The van der Waals surface area contributed by atoms with Crippen LogP contribution in [0, 0.1) is 0 Å². The number of aromatic nitrogens is 5. The molecule has 3 rings (SSSR count). The summed E-state index contributed by atoms with van der Waals surface area (Å²) in [4.78, 5) is 9.03. The fraction of sp³-hybridized carbons (Fsp3) is 0.375. The summed E-state index contributed by atoms with van der Waals surface area (Å²) in [6, 6.07) is 7.69. The Balaban J connectivity index is 1.91. The zero-order chi connectivity index (χ0) is 17.8. The Labute approximate surface area is 145 Å². The van der Waals surface area contributed by atoms with E-state index in [1.807, 2.05) is 38.1 Å². The number of hydrogen-bond donors (Lipinski definition) is 4. The van der Waals surface area contributed by atoms with Crippen molar-refractivity contribution in [3.8, 4) is 0 Å². The van der Waals surface area contributed by atoms with Gasteiger partial charge in [0.05, 0.1) is 0 Å². The van der Waals surface area contributed by atoms with E-state index in [4.69, 9.17) is 11.5 Å². The smallest absolute Gasteiger partial charge is 0.226 e. The van der Waals surface area contributed by atoms with E-state index in [9.17, 15) is 0 Å². The predicted octanol–water partition coefficient (Wildman–Crippen LogP) is 1.19. The van der Waals surface area contributed by atoms with Crippen LogP contribution in [-0.2, 0) is 13.1 Å². The molecule has 9 nitrogen and oxygen atoms in total. The van der Waals surface area contributed by atoms with E-state index in [-0.39, 0.29) is 6.04 Å². The Bertz CT molecular complexity index is 856. The molecule has 1 aromatic carbocycles. The van der Waals surface area contributed by atoms with E-state index in [1.165, 1.54) is 0 Å². The largest absolute Gasteiger partial charge is 0.398 e. The van der Waals surface area contributed by atoms with Crippen LogP contribution in [0.15, 0.2) is 24.3 Å². The quantitative estimate of drug-likeness (QED) is 0.471. The Morgan fingerprint density at radius 3 is 2.72 bits per heavy atom. The molecule has 2 heterocycles. The van der Waals surface area contributed by atoms with Crippen molar-refractivity contribution in [2.24, 2.45) is 5.73 Å². The summed E-state index contributed by atoms with van der Waals surface area (Å²) < 4.78 is 1.73. The number of aryl methyl sites for hydroxylation is 1. The number of rotatable bonds is 7. The third-order valence-corrected chi connectivity index (χ3v) is 3.75. The third-order valence-electron chi connectivity index (χ3n) is 3.75. The van der Waals surface area contributed by atoms with Gasteiger partial charge in [-0.1, -0.05) is 23.4 Å². The molecule has 1 unspecified atom stereocenters. The standard InChI is InChI=1S/C16H23N9/c1-3-25-15-13(23-24-25)14(21-16(22-15)20-8-10(2)17)19-9-11-6-4-5-7-12(11)18/h4-7,10H,3,8-9,17-18H2,1-2H3,(H2,19,20,21,22). The van der Waals surface area contributed by atoms with Gasteiger partial charge in [0.2, 0.25) is 5.95 Å². The van der Waals surface area contributed by atoms with Crippen LogP contribution in [0.25, 0.3) is 11.2 Å². The number of fused-ring (bicyclic) bond motifs is 1. The van der Waals surface area contributed by atoms with Crippen LogP contribution >= 0.6 is 0 Å². The number of nitrogens with two attached hydrogens (primary N) is 2. The Kier molecular flexibility index (Phi) is 4.94. The first-order valence-electron chi connectivity index (χ1n) is 8.26. The molecular formula is C16H23N9. The Morgan fingerprint density at radius 2 is 2.00 bits per heavy atom. The molecule has 0 saturated carbocycles. The highest BCUT2D eigenvalue weighted by Crippen LogP contribution is 2.21. The van der Waals surface area contributed by atoms with Gasteiger partial charge in [0.25, 0.3) is 0 Å². The van der Waals surface area contributed by atoms with Crippen LogP contribution in [0.5, 0.6) is 0 Å². The molecule has 6 N–H and O–H groups in total. The minimum atomic E-state index is -0.00552. The van der Waals surface area contributed by atoms with Crippen LogP contribution in [-0.4, -0.2) is 37.5 Å². The summed E-state index contributed by atoms with van der Waals surface area (Å²) in [5, 5.41) is 14.8. The fourth-order valence-electron chi connectivity index (χ4n) is 2.40. The van der Waals surface area contributed by atoms with E-state index < -0.39 is 0 Å². The SMILES string of the molecule is CCn1nnc2c(NCc3ccccc3N)nc(NCC(C)N)nc21. The minimum Gasteiger partial charge on any atom is -0.398 e. The molecule has 2 aromatic heterocycles. The molecule has 3 aromatic rings. The molecule has 0 amide bonds. The van der Waals surface area contributed by atoms with Gasteiger partial charge >= 0.3 is 0 Å². The van der Waals surface area contributed by atoms with Crippen LogP contribution in [0.4, 0.5) is 17.5 Å². The van der Waals surface area contributed by atoms with Gasteiger partial charge in [0.15, 0.2) is 17.0 Å². The number of para-hydroxylation sites is 1. The van der Waals surface area contributed by atoms with Crippen LogP contribution in [0.2, 0.25) is 0 Å². The first-order valence-corrected chi connectivity index (χ1v) is 8.26. The number of nitrogens with one attached hydrogen (secondary N) is 2. The molecule has 0 radical (unpaired) electrons. The molecule has 1 atom stereocenters. The van der Waals surface area contributed by atoms with Crippen molar-refractivity contribution in [2.75, 3.05) is 22.9 Å². The normalized spacial score (nSPS) is 12.3. The third kappa shape index (κ3) is 3.77. The molecule has 0 aliphatic carbocycles. The molecule has 0 aliphatic heterocycles. The summed E-state index contributed by atoms with van der Waals surface area (Å²) in [6.07, 6.45) is 0. The molecular weight excluding hydrogens is 318 g/mol. The molecule has 0 aliphatic rings. The number of hydrogen-bond acceptors (Lipinski definition) is 8. The van der Waals surface area contributed by atoms with Gasteiger partial charge in [-0.15, -0.1) is 5.10 Å². The number of anilines is 3. The molecule has 25 heavy (non-hydrogen) atoms. The highest BCUT2D eigenvalue weighted by molar-refractivity contribution is 5.83. The zero-order valence-electron chi connectivity index (χ0n) is 14.4. The second-order valence-corrected chi connectivity index (χ2v) is 5.88. The second-order valence-electron chi connectivity index (χ2n) is 5.88. The molecule has 0 spiro atoms. The average Bonchev–Trinajstić information content (AvgIpc) is 3.02. The average molecular weight is 341 g/mol. The Morgan fingerprint density at radius 1 is 1.20 bits per heavy atom. The lowest BCUT2D eigenvalue weighted by atomic mass is 10.2. The van der Waals surface area contributed by atoms with Crippen LogP contribution in [0.3, 0.4) is 0 Å². The van der Waals surface area contributed by atoms with E-state index in [0.717, 1.165) is 11.3 Å². The summed E-state index contributed by atoms with van der Waals surface area (Å²) in [5.74, 6) is 1.10. The van der Waals surface area contributed by atoms with E-state index in [2.05, 4.69) is 30.9 Å². The molecule has 0 bridgehead atoms. The maximum Gasteiger partial charge on any atom is 0.226 e. The van der Waals surface area contributed by atoms with Gasteiger partial charge in [-0.2, -0.15) is 9.97 Å². The first kappa shape index (κ1) is 16.9. The topological polar surface area (TPSA) is 133 Å². The molecule has 9 heteroatoms. The monoisotopic (exact) mass is 341 g/mol. The Hall–Kier alpha value is -2.94. The maximum atomic E-state index is 6.00. The van der Waals surface area contributed by atoms with Gasteiger partial charge in [0, 0.05) is 31.4 Å². The van der Waals surface area contributed by atoms with Crippen LogP contribution < -0.4 is 22.1 Å². The molecule has 132 valence electrons. The fourth-order valence-corrected chi connectivity index (χ4v) is 2.40. The van der Waals surface area contributed by atoms with Crippen molar-refractivity contribution in [2.45, 2.75) is 33.0 Å². The van der Waals surface area contributed by atoms with Gasteiger partial charge in [-0.25, -0.2) is 4.68 Å². The summed E-state index contributed by atoms with van der Waals surface area (Å²) in [5.41, 5.74) is 14.8. The van der Waals surface area contributed by atoms with Gasteiger partial charge in [-0.3, -0.25) is 0 Å². The van der Waals surface area contributed by atoms with E-state index >= 15 is 0 Å². The lowest BCUT2D eigenvalue weighted by Gasteiger charge is -2.11. The zero-order valence-corrected chi connectivity index (χ0v) is 14.4. The lowest BCUT2D eigenvalue weighted by molar-refractivity contribution is 0.641. The van der Waals surface area contributed by atoms with Crippen molar-refractivity contribution < 1.29 is 0 Å². The number of benzene rings is 1. The van der Waals surface area contributed by atoms with Gasteiger partial charge < -0.3 is 22.1 Å². The highest BCUT2D eigenvalue weighted by atomic mass is 15.4. The second kappa shape index (κ2) is 7.31. The van der Waals surface area contributed by atoms with Crippen molar-refractivity contribution in [3.63, 3.8) is 0 Å². The van der Waals surface area contributed by atoms with Crippen molar-refractivity contribution in [1.82, 2.24) is 25.0 Å². The summed E-state index contributed by atoms with van der Waals surface area (Å²) in [6.45, 7) is 5.68. The lowest BCUT2D eigenvalue weighted by Crippen LogP contribution is -2.26.